The van der Waals surface area contributed by atoms with Gasteiger partial charge in [-0.1, -0.05) is 25.1 Å². The first-order chi connectivity index (χ1) is 10.2. The van der Waals surface area contributed by atoms with Crippen LogP contribution in [0.5, 0.6) is 0 Å². The first-order valence-corrected chi connectivity index (χ1v) is 7.90. The van der Waals surface area contributed by atoms with E-state index in [0.717, 1.165) is 32.5 Å². The number of carbonyl (C=O) groups excluding carboxylic acids is 1. The molecule has 0 saturated carbocycles. The van der Waals surface area contributed by atoms with Crippen molar-refractivity contribution < 1.29 is 9.53 Å². The molecular formula is C17H26N2O2. The number of hydrogen-bond acceptors (Lipinski definition) is 4. The van der Waals surface area contributed by atoms with Crippen molar-refractivity contribution in [1.29, 1.82) is 0 Å². The van der Waals surface area contributed by atoms with E-state index >= 15 is 0 Å². The van der Waals surface area contributed by atoms with Crippen molar-refractivity contribution in [1.82, 2.24) is 5.32 Å². The van der Waals surface area contributed by atoms with Crippen LogP contribution in [0.15, 0.2) is 30.3 Å². The van der Waals surface area contributed by atoms with Gasteiger partial charge >= 0.3 is 5.97 Å². The number of para-hydroxylation sites is 1. The fraction of sp³-hybridized carbons (Fsp3) is 0.588. The lowest BCUT2D eigenvalue weighted by molar-refractivity contribution is -0.145. The SMILES string of the molecule is CCNC1(CC(=O)OCC)CCN(c2ccccc2)CC1. The van der Waals surface area contributed by atoms with Crippen LogP contribution in [0.4, 0.5) is 5.69 Å². The van der Waals surface area contributed by atoms with Crippen LogP contribution in [0.2, 0.25) is 0 Å². The number of ether oxygens (including phenoxy) is 1. The number of nitrogens with zero attached hydrogens (tertiary/aromatic N) is 1. The average molecular weight is 290 g/mol. The monoisotopic (exact) mass is 290 g/mol. The Kier molecular flexibility index (Phi) is 5.62. The van der Waals surface area contributed by atoms with Crippen LogP contribution in [0, 0.1) is 0 Å². The molecule has 116 valence electrons. The molecule has 0 bridgehead atoms. The van der Waals surface area contributed by atoms with E-state index in [9.17, 15) is 4.79 Å². The molecule has 0 radical (unpaired) electrons. The zero-order valence-electron chi connectivity index (χ0n) is 13.1. The summed E-state index contributed by atoms with van der Waals surface area (Å²) >= 11 is 0. The van der Waals surface area contributed by atoms with Crippen LogP contribution in [-0.2, 0) is 9.53 Å². The zero-order chi connectivity index (χ0) is 15.1. The minimum atomic E-state index is -0.105. The molecule has 0 amide bonds. The Balaban J connectivity index is 1.98. The number of nitrogens with one attached hydrogen (secondary N) is 1. The Morgan fingerprint density at radius 3 is 2.48 bits per heavy atom. The predicted molar refractivity (Wildman–Crippen MR) is 85.5 cm³/mol. The van der Waals surface area contributed by atoms with Gasteiger partial charge in [-0.3, -0.25) is 4.79 Å². The lowest BCUT2D eigenvalue weighted by atomic mass is 9.84. The van der Waals surface area contributed by atoms with Gasteiger partial charge in [-0.25, -0.2) is 0 Å². The molecule has 1 aromatic rings. The molecule has 1 N–H and O–H groups in total. The Bertz CT molecular complexity index is 439. The molecule has 0 unspecified atom stereocenters. The Labute approximate surface area is 127 Å². The molecule has 4 heteroatoms. The number of rotatable bonds is 6. The molecule has 4 nitrogen and oxygen atoms in total. The van der Waals surface area contributed by atoms with Crippen molar-refractivity contribution >= 4 is 11.7 Å². The number of piperidine rings is 1. The minimum absolute atomic E-state index is 0.0911. The number of hydrogen-bond donors (Lipinski definition) is 1. The van der Waals surface area contributed by atoms with Crippen LogP contribution in [0.3, 0.4) is 0 Å². The second-order valence-corrected chi connectivity index (χ2v) is 5.62. The molecule has 0 aliphatic carbocycles. The Morgan fingerprint density at radius 2 is 1.90 bits per heavy atom. The maximum absolute atomic E-state index is 11.9. The van der Waals surface area contributed by atoms with Gasteiger partial charge in [0.1, 0.15) is 0 Å². The third-order valence-corrected chi connectivity index (χ3v) is 4.18. The normalized spacial score (nSPS) is 17.5. The van der Waals surface area contributed by atoms with Gasteiger partial charge in [-0.15, -0.1) is 0 Å². The standard InChI is InChI=1S/C17H26N2O2/c1-3-18-17(14-16(20)21-4-2)10-12-19(13-11-17)15-8-6-5-7-9-15/h5-9,18H,3-4,10-14H2,1-2H3. The van der Waals surface area contributed by atoms with Crippen molar-refractivity contribution in [2.24, 2.45) is 0 Å². The summed E-state index contributed by atoms with van der Waals surface area (Å²) in [6.07, 6.45) is 2.40. The highest BCUT2D eigenvalue weighted by molar-refractivity contribution is 5.71. The summed E-state index contributed by atoms with van der Waals surface area (Å²) < 4.78 is 5.13. The summed E-state index contributed by atoms with van der Waals surface area (Å²) in [5, 5.41) is 3.53. The summed E-state index contributed by atoms with van der Waals surface area (Å²) in [6, 6.07) is 10.5. The molecule has 1 aliphatic rings. The van der Waals surface area contributed by atoms with Crippen LogP contribution < -0.4 is 10.2 Å². The third kappa shape index (κ3) is 4.21. The quantitative estimate of drug-likeness (QED) is 0.818. The van der Waals surface area contributed by atoms with Gasteiger partial charge in [0.2, 0.25) is 0 Å². The molecule has 1 aliphatic heterocycles. The minimum Gasteiger partial charge on any atom is -0.466 e. The Hall–Kier alpha value is -1.55. The first-order valence-electron chi connectivity index (χ1n) is 7.90. The summed E-state index contributed by atoms with van der Waals surface area (Å²) in [4.78, 5) is 14.3. The van der Waals surface area contributed by atoms with Crippen molar-refractivity contribution in [3.05, 3.63) is 30.3 Å². The van der Waals surface area contributed by atoms with Gasteiger partial charge in [-0.2, -0.15) is 0 Å². The van der Waals surface area contributed by atoms with Crippen molar-refractivity contribution in [3.63, 3.8) is 0 Å². The second-order valence-electron chi connectivity index (χ2n) is 5.62. The molecule has 1 aromatic carbocycles. The highest BCUT2D eigenvalue weighted by Gasteiger charge is 2.36. The van der Waals surface area contributed by atoms with Gasteiger partial charge in [-0.05, 0) is 38.4 Å². The Morgan fingerprint density at radius 1 is 1.24 bits per heavy atom. The molecule has 2 rings (SSSR count). The smallest absolute Gasteiger partial charge is 0.307 e. The molecule has 21 heavy (non-hydrogen) atoms. The summed E-state index contributed by atoms with van der Waals surface area (Å²) in [7, 11) is 0. The first kappa shape index (κ1) is 15.8. The lowest BCUT2D eigenvalue weighted by Gasteiger charge is -2.42. The largest absolute Gasteiger partial charge is 0.466 e. The highest BCUT2D eigenvalue weighted by atomic mass is 16.5. The number of benzene rings is 1. The van der Waals surface area contributed by atoms with Crippen molar-refractivity contribution in [3.8, 4) is 0 Å². The molecule has 1 heterocycles. The summed E-state index contributed by atoms with van der Waals surface area (Å²) in [6.45, 7) is 7.22. The second kappa shape index (κ2) is 7.46. The predicted octanol–water partition coefficient (Wildman–Crippen LogP) is 2.59. The highest BCUT2D eigenvalue weighted by Crippen LogP contribution is 2.29. The molecule has 1 fully saturated rings. The maximum atomic E-state index is 11.9. The van der Waals surface area contributed by atoms with Gasteiger partial charge in [0.05, 0.1) is 13.0 Å². The van der Waals surface area contributed by atoms with Crippen LogP contribution >= 0.6 is 0 Å². The van der Waals surface area contributed by atoms with E-state index in [4.69, 9.17) is 4.74 Å². The topological polar surface area (TPSA) is 41.6 Å². The van der Waals surface area contributed by atoms with E-state index < -0.39 is 0 Å². The van der Waals surface area contributed by atoms with Crippen molar-refractivity contribution in [2.45, 2.75) is 38.6 Å². The van der Waals surface area contributed by atoms with E-state index in [-0.39, 0.29) is 11.5 Å². The lowest BCUT2D eigenvalue weighted by Crippen LogP contribution is -2.54. The van der Waals surface area contributed by atoms with Crippen LogP contribution in [-0.4, -0.2) is 37.7 Å². The molecule has 0 aromatic heterocycles. The third-order valence-electron chi connectivity index (χ3n) is 4.18. The average Bonchev–Trinajstić information content (AvgIpc) is 2.49. The number of carbonyl (C=O) groups is 1. The van der Waals surface area contributed by atoms with E-state index in [2.05, 4.69) is 41.4 Å². The molecule has 0 spiro atoms. The van der Waals surface area contributed by atoms with Gasteiger partial charge in [0.25, 0.3) is 0 Å². The number of anilines is 1. The van der Waals surface area contributed by atoms with E-state index in [1.807, 2.05) is 13.0 Å². The fourth-order valence-corrected chi connectivity index (χ4v) is 3.11. The van der Waals surface area contributed by atoms with Crippen LogP contribution in [0.1, 0.15) is 33.1 Å². The molecular weight excluding hydrogens is 264 g/mol. The van der Waals surface area contributed by atoms with Gasteiger partial charge in [0.15, 0.2) is 0 Å². The zero-order valence-corrected chi connectivity index (χ0v) is 13.1. The van der Waals surface area contributed by atoms with E-state index in [0.29, 0.717) is 13.0 Å². The maximum Gasteiger partial charge on any atom is 0.307 e. The molecule has 1 saturated heterocycles. The molecule has 0 atom stereocenters. The van der Waals surface area contributed by atoms with Crippen molar-refractivity contribution in [2.75, 3.05) is 31.1 Å². The number of esters is 1. The van der Waals surface area contributed by atoms with Gasteiger partial charge in [0, 0.05) is 24.3 Å². The summed E-state index contributed by atoms with van der Waals surface area (Å²) in [5.74, 6) is -0.0911. The van der Waals surface area contributed by atoms with Crippen LogP contribution in [0.25, 0.3) is 0 Å². The van der Waals surface area contributed by atoms with Gasteiger partial charge < -0.3 is 15.0 Å². The fourth-order valence-electron chi connectivity index (χ4n) is 3.11. The van der Waals surface area contributed by atoms with E-state index in [1.54, 1.807) is 0 Å². The van der Waals surface area contributed by atoms with E-state index in [1.165, 1.54) is 5.69 Å². The summed E-state index contributed by atoms with van der Waals surface area (Å²) in [5.41, 5.74) is 1.16.